The monoisotopic (exact) mass is 956 g/mol. The summed E-state index contributed by atoms with van der Waals surface area (Å²) in [6.07, 6.45) is 0.770. The Morgan fingerprint density at radius 2 is 1.71 bits per heavy atom. The number of rotatable bonds is 19. The summed E-state index contributed by atoms with van der Waals surface area (Å²) < 4.78 is 22.1. The highest BCUT2D eigenvalue weighted by molar-refractivity contribution is 9.09. The van der Waals surface area contributed by atoms with Gasteiger partial charge in [0.05, 0.1) is 53.0 Å². The third kappa shape index (κ3) is 9.93. The second kappa shape index (κ2) is 19.9. The number of aromatic nitrogens is 2. The zero-order chi connectivity index (χ0) is 46.6. The SMILES string of the molecule is CC[C@@]1(O)C(=O)OCc2c1cc1n(c2=O)Cc2c-1nc1cc(F)c(C)c3c1c2[C@@H](NC(=O)CCCNC(=O)CCC(=O)[C@H](Cc1ccccc1)NC(=O)CCC(=O)CNC(=O)CBr)CC3. The van der Waals surface area contributed by atoms with Crippen LogP contribution >= 0.6 is 15.9 Å². The molecule has 3 atom stereocenters. The van der Waals surface area contributed by atoms with Gasteiger partial charge in [-0.1, -0.05) is 53.2 Å². The maximum absolute atomic E-state index is 15.3. The third-order valence-corrected chi connectivity index (χ3v) is 13.0. The molecule has 0 unspecified atom stereocenters. The van der Waals surface area contributed by atoms with Crippen LogP contribution in [0.2, 0.25) is 0 Å². The number of carbonyl (C=O) groups excluding carboxylic acids is 7. The first-order valence-corrected chi connectivity index (χ1v) is 22.8. The van der Waals surface area contributed by atoms with Gasteiger partial charge in [0.2, 0.25) is 23.6 Å². The van der Waals surface area contributed by atoms with E-state index in [0.29, 0.717) is 46.3 Å². The number of amides is 4. The molecule has 0 spiro atoms. The first-order valence-electron chi connectivity index (χ1n) is 21.7. The highest BCUT2D eigenvalue weighted by atomic mass is 79.9. The summed E-state index contributed by atoms with van der Waals surface area (Å²) in [4.78, 5) is 108. The molecule has 1 aliphatic carbocycles. The smallest absolute Gasteiger partial charge is 0.343 e. The Morgan fingerprint density at radius 3 is 2.45 bits per heavy atom. The molecule has 0 bridgehead atoms. The van der Waals surface area contributed by atoms with Crippen molar-refractivity contribution in [2.24, 2.45) is 0 Å². The van der Waals surface area contributed by atoms with E-state index in [4.69, 9.17) is 9.72 Å². The van der Waals surface area contributed by atoms with Crippen LogP contribution in [-0.2, 0) is 69.9 Å². The summed E-state index contributed by atoms with van der Waals surface area (Å²) in [5.74, 6) is -3.56. The van der Waals surface area contributed by atoms with Gasteiger partial charge in [-0.15, -0.1) is 0 Å². The summed E-state index contributed by atoms with van der Waals surface area (Å²) in [6, 6.07) is 10.5. The lowest BCUT2D eigenvalue weighted by Crippen LogP contribution is -2.44. The van der Waals surface area contributed by atoms with Crippen LogP contribution in [0.25, 0.3) is 22.3 Å². The van der Waals surface area contributed by atoms with Crippen molar-refractivity contribution in [2.75, 3.05) is 18.4 Å². The molecule has 16 nitrogen and oxygen atoms in total. The van der Waals surface area contributed by atoms with Crippen LogP contribution in [0.1, 0.15) is 103 Å². The van der Waals surface area contributed by atoms with Gasteiger partial charge in [-0.05, 0) is 67.3 Å². The molecule has 65 heavy (non-hydrogen) atoms. The summed E-state index contributed by atoms with van der Waals surface area (Å²) in [5.41, 5.74) is 2.44. The molecule has 4 amide bonds. The zero-order valence-corrected chi connectivity index (χ0v) is 37.7. The predicted octanol–water partition coefficient (Wildman–Crippen LogP) is 3.46. The molecular formula is C47H50BrFN6O10. The maximum Gasteiger partial charge on any atom is 0.343 e. The number of Topliss-reactive ketones (excluding diaryl/α,β-unsaturated/α-hetero) is 2. The number of halogens is 2. The van der Waals surface area contributed by atoms with Gasteiger partial charge < -0.3 is 35.7 Å². The van der Waals surface area contributed by atoms with Crippen LogP contribution in [0, 0.1) is 12.7 Å². The lowest BCUT2D eigenvalue weighted by atomic mass is 9.81. The molecule has 2 aliphatic heterocycles. The molecule has 342 valence electrons. The minimum atomic E-state index is -2.02. The van der Waals surface area contributed by atoms with E-state index in [1.165, 1.54) is 10.6 Å². The molecule has 0 radical (unpaired) electrons. The third-order valence-electron chi connectivity index (χ3n) is 12.5. The Balaban J connectivity index is 0.968. The number of esters is 1. The normalized spacial score (nSPS) is 17.2. The lowest BCUT2D eigenvalue weighted by molar-refractivity contribution is -0.172. The molecule has 4 aromatic rings. The molecule has 4 heterocycles. The highest BCUT2D eigenvalue weighted by Crippen LogP contribution is 2.46. The van der Waals surface area contributed by atoms with Crippen LogP contribution in [0.15, 0.2) is 47.3 Å². The summed E-state index contributed by atoms with van der Waals surface area (Å²) in [7, 11) is 0. The van der Waals surface area contributed by atoms with Crippen molar-refractivity contribution in [3.63, 3.8) is 0 Å². The van der Waals surface area contributed by atoms with E-state index in [9.17, 15) is 43.5 Å². The Kier molecular flexibility index (Phi) is 14.4. The van der Waals surface area contributed by atoms with Crippen molar-refractivity contribution in [1.29, 1.82) is 0 Å². The van der Waals surface area contributed by atoms with Gasteiger partial charge in [0.1, 0.15) is 12.4 Å². The maximum atomic E-state index is 15.3. The fourth-order valence-electron chi connectivity index (χ4n) is 8.89. The first-order chi connectivity index (χ1) is 31.1. The summed E-state index contributed by atoms with van der Waals surface area (Å²) >= 11 is 3.00. The molecule has 5 N–H and O–H groups in total. The van der Waals surface area contributed by atoms with Crippen LogP contribution in [-0.4, -0.2) is 80.3 Å². The molecule has 18 heteroatoms. The number of cyclic esters (lactones) is 1. The number of nitrogens with one attached hydrogen (secondary N) is 4. The van der Waals surface area contributed by atoms with Crippen molar-refractivity contribution in [3.05, 3.63) is 97.6 Å². The number of alkyl halides is 1. The number of hydrogen-bond acceptors (Lipinski definition) is 11. The largest absolute Gasteiger partial charge is 0.458 e. The molecular weight excluding hydrogens is 907 g/mol. The fraction of sp³-hybridized carbons (Fsp3) is 0.426. The average molecular weight is 958 g/mol. The van der Waals surface area contributed by atoms with Crippen LogP contribution < -0.4 is 26.8 Å². The number of benzene rings is 2. The van der Waals surface area contributed by atoms with Crippen LogP contribution in [0.5, 0.6) is 0 Å². The molecule has 2 aromatic heterocycles. The quantitative estimate of drug-likeness (QED) is 0.0457. The molecule has 0 saturated heterocycles. The van der Waals surface area contributed by atoms with Crippen molar-refractivity contribution in [1.82, 2.24) is 30.8 Å². The minimum Gasteiger partial charge on any atom is -0.458 e. The number of aryl methyl sites for hydroxylation is 1. The van der Waals surface area contributed by atoms with E-state index < -0.39 is 46.8 Å². The highest BCUT2D eigenvalue weighted by Gasteiger charge is 2.46. The number of ether oxygens (including phenoxy) is 1. The molecule has 0 saturated carbocycles. The van der Waals surface area contributed by atoms with E-state index in [-0.39, 0.29) is 117 Å². The number of aliphatic hydroxyl groups is 1. The van der Waals surface area contributed by atoms with Crippen molar-refractivity contribution in [2.45, 2.75) is 109 Å². The Labute approximate surface area is 381 Å². The Hall–Kier alpha value is -6.14. The molecule has 3 aliphatic rings. The number of pyridine rings is 2. The standard InChI is InChI=1S/C47H50BrFN6O10/c1-3-47(64)31-19-36-44-29(23-55(36)45(62)30(31)24-65-46(47)63)43-33(13-12-28-25(2)32(49)20-35(54-44)42(28)43)52-39(59)10-7-17-50-38(58)16-14-37(57)34(18-26-8-5-4-6-9-26)53-40(60)15-11-27(56)22-51-41(61)21-48/h4-6,8-9,19-20,33-34,64H,3,7,10-18,21-24H2,1-2H3,(H,50,58)(H,51,61)(H,52,59)(H,53,60)/t33-,34-,47-/m0/s1. The van der Waals surface area contributed by atoms with E-state index in [1.54, 1.807) is 32.0 Å². The fourth-order valence-corrected chi connectivity index (χ4v) is 9.09. The van der Waals surface area contributed by atoms with Crippen molar-refractivity contribution < 1.29 is 47.8 Å². The average Bonchev–Trinajstić information content (AvgIpc) is 3.67. The van der Waals surface area contributed by atoms with E-state index in [2.05, 4.69) is 37.2 Å². The first kappa shape index (κ1) is 46.8. The second-order valence-electron chi connectivity index (χ2n) is 16.6. The Bertz CT molecular complexity index is 2670. The van der Waals surface area contributed by atoms with Crippen molar-refractivity contribution in [3.8, 4) is 11.4 Å². The Morgan fingerprint density at radius 1 is 0.954 bits per heavy atom. The van der Waals surface area contributed by atoms with Gasteiger partial charge in [0.25, 0.3) is 5.56 Å². The lowest BCUT2D eigenvalue weighted by Gasteiger charge is -2.31. The minimum absolute atomic E-state index is 0.0251. The van der Waals surface area contributed by atoms with Gasteiger partial charge in [-0.25, -0.2) is 14.2 Å². The molecule has 0 fully saturated rings. The number of fused-ring (bicyclic) bond motifs is 5. The van der Waals surface area contributed by atoms with Gasteiger partial charge in [-0.2, -0.15) is 0 Å². The number of carbonyl (C=O) groups is 7. The summed E-state index contributed by atoms with van der Waals surface area (Å²) in [6.45, 7) is 3.07. The second-order valence-corrected chi connectivity index (χ2v) is 17.2. The topological polar surface area (TPSA) is 232 Å². The molecule has 2 aromatic carbocycles. The van der Waals surface area contributed by atoms with Gasteiger partial charge in [0.15, 0.2) is 17.2 Å². The number of hydrogen-bond donors (Lipinski definition) is 5. The van der Waals surface area contributed by atoms with Crippen LogP contribution in [0.4, 0.5) is 4.39 Å². The van der Waals surface area contributed by atoms with E-state index in [1.807, 2.05) is 18.2 Å². The summed E-state index contributed by atoms with van der Waals surface area (Å²) in [5, 5.41) is 23.1. The van der Waals surface area contributed by atoms with E-state index in [0.717, 1.165) is 16.7 Å². The molecule has 7 rings (SSSR count). The number of nitrogens with zero attached hydrogens (tertiary/aromatic N) is 2. The van der Waals surface area contributed by atoms with Gasteiger partial charge in [-0.3, -0.25) is 33.6 Å². The zero-order valence-electron chi connectivity index (χ0n) is 36.1. The van der Waals surface area contributed by atoms with Crippen molar-refractivity contribution >= 4 is 68.0 Å². The van der Waals surface area contributed by atoms with E-state index >= 15 is 4.39 Å². The van der Waals surface area contributed by atoms with Gasteiger partial charge >= 0.3 is 5.97 Å². The van der Waals surface area contributed by atoms with Crippen LogP contribution in [0.3, 0.4) is 0 Å². The number of ketones is 2. The predicted molar refractivity (Wildman–Crippen MR) is 238 cm³/mol. The van der Waals surface area contributed by atoms with Gasteiger partial charge in [0, 0.05) is 61.2 Å².